The lowest BCUT2D eigenvalue weighted by Crippen LogP contribution is -2.55. The van der Waals surface area contributed by atoms with Crippen LogP contribution in [-0.4, -0.2) is 63.7 Å². The summed E-state index contributed by atoms with van der Waals surface area (Å²) in [6.07, 6.45) is 2.32. The summed E-state index contributed by atoms with van der Waals surface area (Å²) in [6, 6.07) is 19.3. The molecule has 0 heterocycles. The van der Waals surface area contributed by atoms with Crippen molar-refractivity contribution in [2.24, 2.45) is 0 Å². The van der Waals surface area contributed by atoms with E-state index >= 15 is 0 Å². The molecule has 3 unspecified atom stereocenters. The number of unbranched alkanes of at least 4 members (excludes halogenated alkanes) is 1. The first-order valence-corrected chi connectivity index (χ1v) is 17.4. The van der Waals surface area contributed by atoms with Gasteiger partial charge in [0.25, 0.3) is 0 Å². The van der Waals surface area contributed by atoms with E-state index in [0.717, 1.165) is 11.1 Å². The fourth-order valence-electron chi connectivity index (χ4n) is 5.41. The summed E-state index contributed by atoms with van der Waals surface area (Å²) in [5, 5.41) is 15.5. The van der Waals surface area contributed by atoms with E-state index in [9.17, 15) is 24.3 Å². The molecule has 3 N–H and O–H groups in total. The van der Waals surface area contributed by atoms with Crippen LogP contribution < -0.4 is 10.6 Å². The number of nitrogens with zero attached hydrogens (tertiary/aromatic N) is 1. The van der Waals surface area contributed by atoms with Crippen LogP contribution in [0.15, 0.2) is 85.4 Å². The molecule has 3 atom stereocenters. The van der Waals surface area contributed by atoms with Gasteiger partial charge >= 0.3 is 12.1 Å². The Morgan fingerprint density at radius 1 is 0.804 bits per heavy atom. The Balaban J connectivity index is 2.13. The summed E-state index contributed by atoms with van der Waals surface area (Å²) in [6.45, 7) is 16.5. The second-order valence-corrected chi connectivity index (χ2v) is 14.5. The number of phenolic OH excluding ortho intramolecular Hbond substituents is 1. The Morgan fingerprint density at radius 2 is 1.41 bits per heavy atom. The molecule has 51 heavy (non-hydrogen) atoms. The maximum atomic E-state index is 14.8. The predicted molar refractivity (Wildman–Crippen MR) is 199 cm³/mol. The lowest BCUT2D eigenvalue weighted by atomic mass is 9.97. The lowest BCUT2D eigenvalue weighted by molar-refractivity contribution is -0.159. The number of carbonyl (C=O) groups is 4. The minimum absolute atomic E-state index is 0.0521. The SMILES string of the molecule is C=Cc1cccc(C(C(=O)NC(Cc2ccccc2)C(=O)OC(C)(C)C)N(CCCC)C(=O)C(Cc2ccc(O)cc2)NC(=O)OC(C)(C)C)c1. The van der Waals surface area contributed by atoms with Crippen LogP contribution in [0.4, 0.5) is 4.79 Å². The number of phenols is 1. The molecular weight excluding hydrogens is 646 g/mol. The monoisotopic (exact) mass is 699 g/mol. The van der Waals surface area contributed by atoms with Gasteiger partial charge < -0.3 is 30.1 Å². The average molecular weight is 700 g/mol. The molecule has 0 aliphatic carbocycles. The number of nitrogens with one attached hydrogen (secondary N) is 2. The summed E-state index contributed by atoms with van der Waals surface area (Å²) in [5.41, 5.74) is 1.06. The van der Waals surface area contributed by atoms with Crippen molar-refractivity contribution in [3.8, 4) is 5.75 Å². The highest BCUT2D eigenvalue weighted by Gasteiger charge is 2.38. The van der Waals surface area contributed by atoms with E-state index < -0.39 is 53.2 Å². The first kappa shape index (κ1) is 40.3. The Labute approximate surface area is 302 Å². The van der Waals surface area contributed by atoms with Gasteiger partial charge in [-0.15, -0.1) is 0 Å². The normalized spacial score (nSPS) is 13.2. The van der Waals surface area contributed by atoms with E-state index in [1.807, 2.05) is 43.3 Å². The van der Waals surface area contributed by atoms with Gasteiger partial charge in [-0.05, 0) is 88.4 Å². The molecule has 10 nitrogen and oxygen atoms in total. The molecule has 0 saturated carbocycles. The van der Waals surface area contributed by atoms with E-state index in [-0.39, 0.29) is 25.1 Å². The Hall–Kier alpha value is -5.12. The van der Waals surface area contributed by atoms with Gasteiger partial charge in [0.05, 0.1) is 0 Å². The van der Waals surface area contributed by atoms with Gasteiger partial charge in [-0.1, -0.05) is 86.7 Å². The summed E-state index contributed by atoms with van der Waals surface area (Å²) in [5.74, 6) is -1.67. The lowest BCUT2D eigenvalue weighted by Gasteiger charge is -2.35. The summed E-state index contributed by atoms with van der Waals surface area (Å²) in [4.78, 5) is 57.7. The van der Waals surface area contributed by atoms with Crippen molar-refractivity contribution in [1.29, 1.82) is 0 Å². The quantitative estimate of drug-likeness (QED) is 0.147. The Kier molecular flexibility index (Phi) is 14.4. The minimum atomic E-state index is -1.20. The van der Waals surface area contributed by atoms with Crippen LogP contribution in [0.2, 0.25) is 0 Å². The second-order valence-electron chi connectivity index (χ2n) is 14.5. The molecule has 0 aliphatic heterocycles. The highest BCUT2D eigenvalue weighted by molar-refractivity contribution is 5.94. The number of rotatable bonds is 15. The molecule has 10 heteroatoms. The van der Waals surface area contributed by atoms with E-state index in [1.165, 1.54) is 17.0 Å². The molecule has 0 aliphatic rings. The molecule has 274 valence electrons. The van der Waals surface area contributed by atoms with Crippen LogP contribution in [0.25, 0.3) is 6.08 Å². The van der Waals surface area contributed by atoms with Gasteiger partial charge in [-0.3, -0.25) is 9.59 Å². The van der Waals surface area contributed by atoms with Crippen molar-refractivity contribution in [3.05, 3.63) is 108 Å². The Morgan fingerprint density at radius 3 is 2.00 bits per heavy atom. The first-order chi connectivity index (χ1) is 24.0. The number of esters is 1. The zero-order valence-corrected chi connectivity index (χ0v) is 30.9. The number of carbonyl (C=O) groups excluding carboxylic acids is 4. The molecule has 3 amide bonds. The minimum Gasteiger partial charge on any atom is -0.508 e. The van der Waals surface area contributed by atoms with Crippen molar-refractivity contribution >= 4 is 30.0 Å². The molecule has 0 aromatic heterocycles. The number of amides is 3. The molecule has 3 aromatic rings. The molecule has 3 aromatic carbocycles. The van der Waals surface area contributed by atoms with Crippen LogP contribution in [-0.2, 0) is 36.7 Å². The second kappa shape index (κ2) is 18.2. The van der Waals surface area contributed by atoms with Crippen molar-refractivity contribution in [1.82, 2.24) is 15.5 Å². The number of hydrogen-bond acceptors (Lipinski definition) is 7. The van der Waals surface area contributed by atoms with E-state index in [0.29, 0.717) is 24.0 Å². The molecule has 0 bridgehead atoms. The van der Waals surface area contributed by atoms with Crippen LogP contribution in [0.5, 0.6) is 5.75 Å². The molecular formula is C41H53N3O7. The van der Waals surface area contributed by atoms with Crippen molar-refractivity contribution in [2.45, 2.75) is 103 Å². The van der Waals surface area contributed by atoms with E-state index in [1.54, 1.807) is 78.0 Å². The average Bonchev–Trinajstić information content (AvgIpc) is 3.05. The van der Waals surface area contributed by atoms with Gasteiger partial charge in [-0.25, -0.2) is 9.59 Å². The molecule has 0 spiro atoms. The third-order valence-corrected chi connectivity index (χ3v) is 7.71. The first-order valence-electron chi connectivity index (χ1n) is 17.4. The van der Waals surface area contributed by atoms with Crippen LogP contribution in [0.1, 0.15) is 89.6 Å². The van der Waals surface area contributed by atoms with Crippen LogP contribution >= 0.6 is 0 Å². The third kappa shape index (κ3) is 13.3. The highest BCUT2D eigenvalue weighted by atomic mass is 16.6. The zero-order valence-electron chi connectivity index (χ0n) is 30.9. The maximum absolute atomic E-state index is 14.8. The fraction of sp³-hybridized carbons (Fsp3) is 0.415. The van der Waals surface area contributed by atoms with Crippen LogP contribution in [0.3, 0.4) is 0 Å². The zero-order chi connectivity index (χ0) is 37.8. The number of hydrogen-bond donors (Lipinski definition) is 3. The van der Waals surface area contributed by atoms with E-state index in [4.69, 9.17) is 9.47 Å². The fourth-order valence-corrected chi connectivity index (χ4v) is 5.41. The highest BCUT2D eigenvalue weighted by Crippen LogP contribution is 2.26. The van der Waals surface area contributed by atoms with Crippen molar-refractivity contribution in [3.63, 3.8) is 0 Å². The van der Waals surface area contributed by atoms with Gasteiger partial charge in [0.15, 0.2) is 0 Å². The summed E-state index contributed by atoms with van der Waals surface area (Å²) in [7, 11) is 0. The standard InChI is InChI=1S/C41H53N3O7/c1-9-11-24-44(37(47)33(43-39(49)51-41(6,7)8)26-30-20-22-32(45)23-21-30)35(31-19-15-18-28(10-2)25-31)36(46)42-34(38(48)50-40(3,4)5)27-29-16-13-12-14-17-29/h10,12-23,25,33-35,45H,2,9,11,24,26-27H2,1,3-8H3,(H,42,46)(H,43,49). The number of alkyl carbamates (subject to hydrolysis) is 1. The van der Waals surface area contributed by atoms with E-state index in [2.05, 4.69) is 17.2 Å². The topological polar surface area (TPSA) is 134 Å². The maximum Gasteiger partial charge on any atom is 0.408 e. The molecule has 0 fully saturated rings. The third-order valence-electron chi connectivity index (χ3n) is 7.71. The summed E-state index contributed by atoms with van der Waals surface area (Å²) >= 11 is 0. The number of benzene rings is 3. The van der Waals surface area contributed by atoms with Gasteiger partial charge in [0.1, 0.15) is 35.1 Å². The van der Waals surface area contributed by atoms with Gasteiger partial charge in [-0.2, -0.15) is 0 Å². The smallest absolute Gasteiger partial charge is 0.408 e. The van der Waals surface area contributed by atoms with Crippen molar-refractivity contribution in [2.75, 3.05) is 6.54 Å². The molecule has 0 saturated heterocycles. The molecule has 3 rings (SSSR count). The predicted octanol–water partition coefficient (Wildman–Crippen LogP) is 6.91. The largest absolute Gasteiger partial charge is 0.508 e. The van der Waals surface area contributed by atoms with Crippen molar-refractivity contribution < 1.29 is 33.8 Å². The number of aromatic hydroxyl groups is 1. The van der Waals surface area contributed by atoms with Crippen LogP contribution in [0, 0.1) is 0 Å². The summed E-state index contributed by atoms with van der Waals surface area (Å²) < 4.78 is 11.3. The van der Waals surface area contributed by atoms with Gasteiger partial charge in [0, 0.05) is 19.4 Å². The van der Waals surface area contributed by atoms with Gasteiger partial charge in [0.2, 0.25) is 11.8 Å². The Bertz CT molecular complexity index is 1630. The molecule has 0 radical (unpaired) electrons. The number of ether oxygens (including phenoxy) is 2.